The number of ether oxygens (including phenoxy) is 1. The van der Waals surface area contributed by atoms with Crippen LogP contribution in [0.15, 0.2) is 30.3 Å². The normalized spacial score (nSPS) is 13.9. The molecule has 1 aliphatic heterocycles. The quantitative estimate of drug-likeness (QED) is 0.843. The van der Waals surface area contributed by atoms with E-state index in [-0.39, 0.29) is 23.9 Å². The Bertz CT molecular complexity index is 837. The average molecular weight is 370 g/mol. The fourth-order valence-electron chi connectivity index (χ4n) is 3.14. The van der Waals surface area contributed by atoms with Crippen molar-refractivity contribution in [2.45, 2.75) is 46.2 Å². The van der Waals surface area contributed by atoms with Crippen LogP contribution in [0.1, 0.15) is 49.4 Å². The fraction of sp³-hybridized carbons (Fsp3) is 0.450. The zero-order valence-electron chi connectivity index (χ0n) is 16.3. The van der Waals surface area contributed by atoms with E-state index in [2.05, 4.69) is 10.4 Å². The Labute approximate surface area is 159 Å². The van der Waals surface area contributed by atoms with Crippen molar-refractivity contribution < 1.29 is 14.3 Å². The predicted molar refractivity (Wildman–Crippen MR) is 102 cm³/mol. The van der Waals surface area contributed by atoms with Crippen molar-refractivity contribution in [1.29, 1.82) is 0 Å². The molecule has 1 aromatic heterocycles. The number of carbonyl (C=O) groups excluding carboxylic acids is 2. The maximum Gasteiger partial charge on any atom is 0.359 e. The highest BCUT2D eigenvalue weighted by Gasteiger charge is 2.32. The Morgan fingerprint density at radius 3 is 2.56 bits per heavy atom. The molecule has 0 unspecified atom stereocenters. The van der Waals surface area contributed by atoms with E-state index < -0.39 is 5.97 Å². The van der Waals surface area contributed by atoms with E-state index in [4.69, 9.17) is 4.74 Å². The molecule has 2 aromatic rings. The highest BCUT2D eigenvalue weighted by Crippen LogP contribution is 2.26. The van der Waals surface area contributed by atoms with E-state index in [0.717, 1.165) is 16.9 Å². The molecule has 27 heavy (non-hydrogen) atoms. The van der Waals surface area contributed by atoms with Gasteiger partial charge in [-0.25, -0.2) is 14.3 Å². The number of carbonyl (C=O) groups is 2. The van der Waals surface area contributed by atoms with Crippen molar-refractivity contribution in [2.75, 3.05) is 13.2 Å². The lowest BCUT2D eigenvalue weighted by Gasteiger charge is -2.31. The zero-order valence-corrected chi connectivity index (χ0v) is 16.3. The minimum atomic E-state index is -0.457. The third kappa shape index (κ3) is 4.13. The molecular weight excluding hydrogens is 344 g/mol. The molecule has 7 nitrogen and oxygen atoms in total. The van der Waals surface area contributed by atoms with Crippen molar-refractivity contribution in [3.8, 4) is 5.69 Å². The molecule has 144 valence electrons. The summed E-state index contributed by atoms with van der Waals surface area (Å²) in [5.74, 6) is -0.457. The van der Waals surface area contributed by atoms with Gasteiger partial charge < -0.3 is 15.0 Å². The largest absolute Gasteiger partial charge is 0.461 e. The molecule has 7 heteroatoms. The van der Waals surface area contributed by atoms with Crippen molar-refractivity contribution in [3.63, 3.8) is 0 Å². The van der Waals surface area contributed by atoms with Crippen LogP contribution in [0.3, 0.4) is 0 Å². The second-order valence-corrected chi connectivity index (χ2v) is 7.59. The number of para-hydroxylation sites is 1. The molecule has 3 rings (SSSR count). The van der Waals surface area contributed by atoms with Gasteiger partial charge in [0.15, 0.2) is 5.69 Å². The lowest BCUT2D eigenvalue weighted by Crippen LogP contribution is -2.49. The molecule has 0 fully saturated rings. The van der Waals surface area contributed by atoms with E-state index >= 15 is 0 Å². The van der Waals surface area contributed by atoms with Gasteiger partial charge in [0.05, 0.1) is 24.5 Å². The summed E-state index contributed by atoms with van der Waals surface area (Å²) in [6, 6.07) is 9.54. The lowest BCUT2D eigenvalue weighted by atomic mass is 10.0. The lowest BCUT2D eigenvalue weighted by molar-refractivity contribution is 0.0516. The van der Waals surface area contributed by atoms with Gasteiger partial charge in [-0.3, -0.25) is 0 Å². The van der Waals surface area contributed by atoms with Gasteiger partial charge >= 0.3 is 12.0 Å². The first-order valence-electron chi connectivity index (χ1n) is 9.20. The zero-order chi connectivity index (χ0) is 19.6. The van der Waals surface area contributed by atoms with E-state index in [0.29, 0.717) is 19.5 Å². The van der Waals surface area contributed by atoms with Crippen LogP contribution in [0, 0.1) is 0 Å². The van der Waals surface area contributed by atoms with E-state index in [1.807, 2.05) is 51.1 Å². The molecule has 0 bridgehead atoms. The second kappa shape index (κ2) is 7.42. The number of hydrogen-bond donors (Lipinski definition) is 1. The molecule has 0 saturated carbocycles. The van der Waals surface area contributed by atoms with E-state index in [1.54, 1.807) is 16.5 Å². The number of benzene rings is 1. The summed E-state index contributed by atoms with van der Waals surface area (Å²) < 4.78 is 6.98. The van der Waals surface area contributed by atoms with Gasteiger partial charge in [-0.2, -0.15) is 5.10 Å². The molecule has 0 aliphatic carbocycles. The number of esters is 1. The van der Waals surface area contributed by atoms with Gasteiger partial charge in [0.1, 0.15) is 0 Å². The Balaban J connectivity index is 1.97. The molecule has 2 amide bonds. The van der Waals surface area contributed by atoms with Crippen molar-refractivity contribution in [2.24, 2.45) is 0 Å². The number of urea groups is 1. The number of hydrogen-bond acceptors (Lipinski definition) is 4. The molecule has 0 radical (unpaired) electrons. The first-order chi connectivity index (χ1) is 12.8. The van der Waals surface area contributed by atoms with Crippen LogP contribution in [-0.4, -0.2) is 45.4 Å². The summed E-state index contributed by atoms with van der Waals surface area (Å²) in [4.78, 5) is 26.7. The molecule has 0 saturated heterocycles. The number of nitrogens with zero attached hydrogens (tertiary/aromatic N) is 3. The maximum atomic E-state index is 12.6. The van der Waals surface area contributed by atoms with Gasteiger partial charge in [0.2, 0.25) is 0 Å². The first-order valence-corrected chi connectivity index (χ1v) is 9.20. The van der Waals surface area contributed by atoms with Crippen LogP contribution in [0.5, 0.6) is 0 Å². The minimum absolute atomic E-state index is 0.143. The highest BCUT2D eigenvalue weighted by atomic mass is 16.5. The Morgan fingerprint density at radius 1 is 1.22 bits per heavy atom. The summed E-state index contributed by atoms with van der Waals surface area (Å²) in [5, 5.41) is 7.51. The summed E-state index contributed by atoms with van der Waals surface area (Å²) in [6.07, 6.45) is 0.619. The first kappa shape index (κ1) is 18.9. The van der Waals surface area contributed by atoms with Crippen molar-refractivity contribution in [1.82, 2.24) is 20.0 Å². The number of nitrogens with one attached hydrogen (secondary N) is 1. The number of rotatable bonds is 3. The van der Waals surface area contributed by atoms with Gasteiger partial charge in [-0.05, 0) is 39.8 Å². The Kier molecular flexibility index (Phi) is 5.21. The molecule has 1 aliphatic rings. The SMILES string of the molecule is CCOC(=O)c1nn(-c2ccccc2)c2c1CN(C(=O)NC(C)(C)C)CC2. The second-order valence-electron chi connectivity index (χ2n) is 7.59. The molecule has 1 aromatic carbocycles. The van der Waals surface area contributed by atoms with E-state index in [1.165, 1.54) is 0 Å². The standard InChI is InChI=1S/C20H26N4O3/c1-5-27-18(25)17-15-13-23(19(26)21-20(2,3)4)12-11-16(15)24(22-17)14-9-7-6-8-10-14/h6-10H,5,11-13H2,1-4H3,(H,21,26). The minimum Gasteiger partial charge on any atom is -0.461 e. The van der Waals surface area contributed by atoms with Crippen LogP contribution >= 0.6 is 0 Å². The van der Waals surface area contributed by atoms with Gasteiger partial charge in [0.25, 0.3) is 0 Å². The van der Waals surface area contributed by atoms with Crippen LogP contribution in [0.4, 0.5) is 4.79 Å². The average Bonchev–Trinajstić information content (AvgIpc) is 3.00. The summed E-state index contributed by atoms with van der Waals surface area (Å²) in [6.45, 7) is 8.77. The van der Waals surface area contributed by atoms with Gasteiger partial charge in [-0.1, -0.05) is 18.2 Å². The molecule has 2 heterocycles. The van der Waals surface area contributed by atoms with Gasteiger partial charge in [-0.15, -0.1) is 0 Å². The number of amides is 2. The highest BCUT2D eigenvalue weighted by molar-refractivity contribution is 5.89. The summed E-state index contributed by atoms with van der Waals surface area (Å²) in [5.41, 5.74) is 2.55. The molecule has 0 atom stereocenters. The smallest absolute Gasteiger partial charge is 0.359 e. The van der Waals surface area contributed by atoms with Crippen LogP contribution < -0.4 is 5.32 Å². The number of fused-ring (bicyclic) bond motifs is 1. The molecule has 0 spiro atoms. The summed E-state index contributed by atoms with van der Waals surface area (Å²) in [7, 11) is 0. The van der Waals surface area contributed by atoms with Crippen LogP contribution in [-0.2, 0) is 17.7 Å². The van der Waals surface area contributed by atoms with Crippen LogP contribution in [0.25, 0.3) is 5.69 Å². The van der Waals surface area contributed by atoms with Crippen LogP contribution in [0.2, 0.25) is 0 Å². The van der Waals surface area contributed by atoms with Crippen molar-refractivity contribution >= 4 is 12.0 Å². The van der Waals surface area contributed by atoms with Gasteiger partial charge in [0, 0.05) is 24.1 Å². The monoisotopic (exact) mass is 370 g/mol. The molecular formula is C20H26N4O3. The number of aromatic nitrogens is 2. The Morgan fingerprint density at radius 2 is 1.93 bits per heavy atom. The maximum absolute atomic E-state index is 12.6. The Hall–Kier alpha value is -2.83. The third-order valence-electron chi connectivity index (χ3n) is 4.30. The van der Waals surface area contributed by atoms with Crippen molar-refractivity contribution in [3.05, 3.63) is 47.3 Å². The third-order valence-corrected chi connectivity index (χ3v) is 4.30. The topological polar surface area (TPSA) is 76.5 Å². The van der Waals surface area contributed by atoms with E-state index in [9.17, 15) is 9.59 Å². The summed E-state index contributed by atoms with van der Waals surface area (Å²) >= 11 is 0. The predicted octanol–water partition coefficient (Wildman–Crippen LogP) is 2.92. The fourth-order valence-corrected chi connectivity index (χ4v) is 3.14. The molecule has 1 N–H and O–H groups in total.